The normalized spacial score (nSPS) is 20.6. The number of benzene rings is 1. The van der Waals surface area contributed by atoms with Gasteiger partial charge in [-0.25, -0.2) is 0 Å². The predicted molar refractivity (Wildman–Crippen MR) is 87.4 cm³/mol. The zero-order chi connectivity index (χ0) is 15.3. The summed E-state index contributed by atoms with van der Waals surface area (Å²) >= 11 is 0. The van der Waals surface area contributed by atoms with E-state index in [4.69, 9.17) is 0 Å². The van der Waals surface area contributed by atoms with E-state index in [2.05, 4.69) is 41.3 Å². The summed E-state index contributed by atoms with van der Waals surface area (Å²) in [6.45, 7) is 3.24. The van der Waals surface area contributed by atoms with Crippen molar-refractivity contribution in [3.8, 4) is 0 Å². The lowest BCUT2D eigenvalue weighted by atomic mass is 9.89. The second-order valence-corrected chi connectivity index (χ2v) is 6.31. The summed E-state index contributed by atoms with van der Waals surface area (Å²) in [6.07, 6.45) is 2.40. The summed E-state index contributed by atoms with van der Waals surface area (Å²) in [5.74, 6) is 0. The van der Waals surface area contributed by atoms with Gasteiger partial charge in [0.1, 0.15) is 0 Å². The first-order valence-electron chi connectivity index (χ1n) is 7.85. The molecule has 1 saturated heterocycles. The highest BCUT2D eigenvalue weighted by Gasteiger charge is 2.33. The van der Waals surface area contributed by atoms with Crippen LogP contribution < -0.4 is 5.32 Å². The number of aliphatic hydroxyl groups is 1. The Morgan fingerprint density at radius 2 is 1.90 bits per heavy atom. The van der Waals surface area contributed by atoms with Crippen molar-refractivity contribution in [1.29, 1.82) is 0 Å². The fourth-order valence-electron chi connectivity index (χ4n) is 3.28. The number of aliphatic hydroxyl groups excluding tert-OH is 1. The second kappa shape index (κ2) is 7.36. The highest BCUT2D eigenvalue weighted by atomic mass is 16.3. The van der Waals surface area contributed by atoms with Gasteiger partial charge in [0.2, 0.25) is 0 Å². The summed E-state index contributed by atoms with van der Waals surface area (Å²) in [5, 5.41) is 13.4. The number of rotatable bonds is 6. The van der Waals surface area contributed by atoms with Gasteiger partial charge in [-0.3, -0.25) is 0 Å². The Morgan fingerprint density at radius 1 is 1.29 bits per heavy atom. The summed E-state index contributed by atoms with van der Waals surface area (Å²) in [6, 6.07) is 10.9. The van der Waals surface area contributed by atoms with Gasteiger partial charge in [-0.05, 0) is 52.6 Å². The van der Waals surface area contributed by atoms with E-state index in [-0.39, 0.29) is 12.1 Å². The Hall–Kier alpha value is -0.940. The Bertz CT molecular complexity index is 411. The van der Waals surface area contributed by atoms with Gasteiger partial charge in [0.05, 0.1) is 12.1 Å². The van der Waals surface area contributed by atoms with Crippen molar-refractivity contribution >= 4 is 0 Å². The quantitative estimate of drug-likeness (QED) is 0.824. The van der Waals surface area contributed by atoms with E-state index in [1.807, 2.05) is 25.2 Å². The molecule has 0 saturated carbocycles. The van der Waals surface area contributed by atoms with Gasteiger partial charge >= 0.3 is 0 Å². The summed E-state index contributed by atoms with van der Waals surface area (Å²) in [7, 11) is 6.30. The first-order valence-corrected chi connectivity index (χ1v) is 7.85. The fourth-order valence-corrected chi connectivity index (χ4v) is 3.28. The van der Waals surface area contributed by atoms with Crippen molar-refractivity contribution in [2.24, 2.45) is 0 Å². The molecule has 0 amide bonds. The van der Waals surface area contributed by atoms with Gasteiger partial charge in [-0.2, -0.15) is 0 Å². The molecule has 0 aromatic heterocycles. The Balaban J connectivity index is 2.09. The maximum atomic E-state index is 10.0. The Kier molecular flexibility index (Phi) is 5.76. The zero-order valence-electron chi connectivity index (χ0n) is 13.5. The van der Waals surface area contributed by atoms with Crippen LogP contribution in [0.4, 0.5) is 0 Å². The van der Waals surface area contributed by atoms with Gasteiger partial charge in [-0.15, -0.1) is 0 Å². The van der Waals surface area contributed by atoms with E-state index in [0.29, 0.717) is 6.04 Å². The van der Waals surface area contributed by atoms with Crippen molar-refractivity contribution in [3.05, 3.63) is 35.9 Å². The molecule has 118 valence electrons. The van der Waals surface area contributed by atoms with Gasteiger partial charge < -0.3 is 20.2 Å². The lowest BCUT2D eigenvalue weighted by molar-refractivity contribution is 0.0795. The minimum Gasteiger partial charge on any atom is -0.394 e. The maximum Gasteiger partial charge on any atom is 0.0795 e. The van der Waals surface area contributed by atoms with Crippen LogP contribution in [0.1, 0.15) is 18.4 Å². The van der Waals surface area contributed by atoms with Gasteiger partial charge in [0.25, 0.3) is 0 Å². The van der Waals surface area contributed by atoms with Crippen LogP contribution in [0.5, 0.6) is 0 Å². The van der Waals surface area contributed by atoms with Gasteiger partial charge in [0.15, 0.2) is 0 Å². The molecule has 1 atom stereocenters. The summed E-state index contributed by atoms with van der Waals surface area (Å²) in [4.78, 5) is 4.80. The van der Waals surface area contributed by atoms with Crippen molar-refractivity contribution < 1.29 is 5.11 Å². The molecule has 2 N–H and O–H groups in total. The van der Waals surface area contributed by atoms with E-state index in [1.165, 1.54) is 12.8 Å². The fraction of sp³-hybridized carbons (Fsp3) is 0.647. The number of likely N-dealkylation sites (tertiary alicyclic amines) is 1. The third-order valence-electron chi connectivity index (χ3n) is 4.91. The molecular weight excluding hydrogens is 262 g/mol. The molecule has 21 heavy (non-hydrogen) atoms. The predicted octanol–water partition coefficient (Wildman–Crippen LogP) is 1.12. The van der Waals surface area contributed by atoms with Crippen molar-refractivity contribution in [2.45, 2.75) is 24.4 Å². The molecular formula is C17H29N3O. The molecule has 0 radical (unpaired) electrons. The average Bonchev–Trinajstić information content (AvgIpc) is 2.54. The molecule has 4 nitrogen and oxygen atoms in total. The van der Waals surface area contributed by atoms with E-state index < -0.39 is 0 Å². The monoisotopic (exact) mass is 291 g/mol. The van der Waals surface area contributed by atoms with Crippen molar-refractivity contribution in [1.82, 2.24) is 15.1 Å². The molecule has 1 aliphatic rings. The molecule has 1 aromatic rings. The molecule has 1 fully saturated rings. The van der Waals surface area contributed by atoms with Crippen molar-refractivity contribution in [3.63, 3.8) is 0 Å². The Morgan fingerprint density at radius 3 is 2.43 bits per heavy atom. The molecule has 2 rings (SSSR count). The van der Waals surface area contributed by atoms with Crippen LogP contribution in [0.2, 0.25) is 0 Å². The minimum absolute atomic E-state index is 0.102. The van der Waals surface area contributed by atoms with E-state index in [0.717, 1.165) is 25.2 Å². The van der Waals surface area contributed by atoms with E-state index in [9.17, 15) is 5.11 Å². The first-order chi connectivity index (χ1) is 10.1. The highest BCUT2D eigenvalue weighted by molar-refractivity contribution is 5.25. The smallest absolute Gasteiger partial charge is 0.0795 e. The topological polar surface area (TPSA) is 38.7 Å². The number of nitrogens with one attached hydrogen (secondary N) is 1. The second-order valence-electron chi connectivity index (χ2n) is 6.31. The minimum atomic E-state index is -0.390. The average molecular weight is 291 g/mol. The maximum absolute atomic E-state index is 10.0. The SMILES string of the molecule is CNC(CO)(CN(C)C1CCN(C)CC1)c1ccccc1. The third-order valence-corrected chi connectivity index (χ3v) is 4.91. The molecule has 1 heterocycles. The van der Waals surface area contributed by atoms with Crippen LogP contribution in [0, 0.1) is 0 Å². The first kappa shape index (κ1) is 16.4. The molecule has 4 heteroatoms. The third kappa shape index (κ3) is 3.83. The lowest BCUT2D eigenvalue weighted by Crippen LogP contribution is -2.54. The summed E-state index contributed by atoms with van der Waals surface area (Å²) in [5.41, 5.74) is 0.758. The number of hydrogen-bond donors (Lipinski definition) is 2. The molecule has 1 aromatic carbocycles. The van der Waals surface area contributed by atoms with Gasteiger partial charge in [0, 0.05) is 12.6 Å². The lowest BCUT2D eigenvalue weighted by Gasteiger charge is -2.41. The molecule has 0 bridgehead atoms. The van der Waals surface area contributed by atoms with Gasteiger partial charge in [-0.1, -0.05) is 30.3 Å². The van der Waals surface area contributed by atoms with Crippen LogP contribution in [-0.4, -0.2) is 68.3 Å². The number of piperidine rings is 1. The van der Waals surface area contributed by atoms with Crippen LogP contribution in [0.3, 0.4) is 0 Å². The van der Waals surface area contributed by atoms with Crippen LogP contribution in [0.15, 0.2) is 30.3 Å². The number of hydrogen-bond acceptors (Lipinski definition) is 4. The van der Waals surface area contributed by atoms with E-state index in [1.54, 1.807) is 0 Å². The standard InChI is InChI=1S/C17H29N3O/c1-18-17(14-21,15-7-5-4-6-8-15)13-20(3)16-9-11-19(2)12-10-16/h4-8,16,18,21H,9-14H2,1-3H3. The number of likely N-dealkylation sites (N-methyl/N-ethyl adjacent to an activating group) is 2. The van der Waals surface area contributed by atoms with Crippen LogP contribution in [0.25, 0.3) is 0 Å². The largest absolute Gasteiger partial charge is 0.394 e. The summed E-state index contributed by atoms with van der Waals surface area (Å²) < 4.78 is 0. The zero-order valence-corrected chi connectivity index (χ0v) is 13.5. The molecule has 0 aliphatic carbocycles. The van der Waals surface area contributed by atoms with Crippen LogP contribution in [-0.2, 0) is 5.54 Å². The molecule has 1 aliphatic heterocycles. The van der Waals surface area contributed by atoms with Crippen LogP contribution >= 0.6 is 0 Å². The van der Waals surface area contributed by atoms with Crippen molar-refractivity contribution in [2.75, 3.05) is 47.4 Å². The Labute approximate surface area is 128 Å². The number of nitrogens with zero attached hydrogens (tertiary/aromatic N) is 2. The van der Waals surface area contributed by atoms with E-state index >= 15 is 0 Å². The highest BCUT2D eigenvalue weighted by Crippen LogP contribution is 2.24. The molecule has 0 spiro atoms. The molecule has 1 unspecified atom stereocenters.